The Morgan fingerprint density at radius 3 is 2.44 bits per heavy atom. The highest BCUT2D eigenvalue weighted by Gasteiger charge is 2.16. The second kappa shape index (κ2) is 4.97. The van der Waals surface area contributed by atoms with Gasteiger partial charge in [-0.05, 0) is 13.8 Å². The minimum absolute atomic E-state index is 0.0655. The zero-order valence-corrected chi connectivity index (χ0v) is 11.0. The van der Waals surface area contributed by atoms with E-state index in [1.165, 1.54) is 11.3 Å². The summed E-state index contributed by atoms with van der Waals surface area (Å²) in [5.41, 5.74) is 3.47. The van der Waals surface area contributed by atoms with E-state index in [0.29, 0.717) is 0 Å². The fraction of sp³-hybridized carbons (Fsp3) is 0.750. The normalized spacial score (nSPS) is 12.1. The van der Waals surface area contributed by atoms with Gasteiger partial charge in [-0.25, -0.2) is 0 Å². The fourth-order valence-corrected chi connectivity index (χ4v) is 1.66. The van der Waals surface area contributed by atoms with Crippen molar-refractivity contribution < 1.29 is 5.11 Å². The van der Waals surface area contributed by atoms with Crippen molar-refractivity contribution in [2.45, 2.75) is 34.2 Å². The van der Waals surface area contributed by atoms with Crippen LogP contribution in [0.15, 0.2) is 0 Å². The van der Waals surface area contributed by atoms with E-state index in [2.05, 4.69) is 17.3 Å². The van der Waals surface area contributed by atoms with Crippen LogP contribution in [0.1, 0.15) is 30.8 Å². The van der Waals surface area contributed by atoms with E-state index in [-0.39, 0.29) is 12.0 Å². The van der Waals surface area contributed by atoms with Gasteiger partial charge in [-0.15, -0.1) is 0 Å². The summed E-state index contributed by atoms with van der Waals surface area (Å²) >= 11 is 0. The third kappa shape index (κ3) is 3.06. The average Bonchev–Trinajstić information content (AvgIpc) is 2.44. The van der Waals surface area contributed by atoms with E-state index in [4.69, 9.17) is 5.11 Å². The lowest BCUT2D eigenvalue weighted by Crippen LogP contribution is -2.32. The van der Waals surface area contributed by atoms with Gasteiger partial charge in [0.05, 0.1) is 5.69 Å². The Labute approximate surface area is 97.7 Å². The van der Waals surface area contributed by atoms with E-state index < -0.39 is 0 Å². The molecule has 0 aliphatic heterocycles. The van der Waals surface area contributed by atoms with Crippen molar-refractivity contribution >= 4 is 0 Å². The molecule has 4 heteroatoms. The Morgan fingerprint density at radius 1 is 1.38 bits per heavy atom. The third-order valence-corrected chi connectivity index (χ3v) is 2.99. The summed E-state index contributed by atoms with van der Waals surface area (Å²) in [6, 6.07) is 0. The van der Waals surface area contributed by atoms with Gasteiger partial charge in [-0.2, -0.15) is 5.10 Å². The number of nitrogens with one attached hydrogen (secondary N) is 1. The molecule has 4 nitrogen and oxygen atoms in total. The molecule has 0 aliphatic carbocycles. The second-order valence-electron chi connectivity index (χ2n) is 5.20. The van der Waals surface area contributed by atoms with E-state index in [9.17, 15) is 0 Å². The van der Waals surface area contributed by atoms with Crippen molar-refractivity contribution in [3.8, 4) is 0 Å². The molecule has 0 aromatic carbocycles. The Balaban J connectivity index is 2.55. The minimum atomic E-state index is -0.0655. The molecule has 16 heavy (non-hydrogen) atoms. The van der Waals surface area contributed by atoms with Crippen molar-refractivity contribution in [3.05, 3.63) is 17.0 Å². The van der Waals surface area contributed by atoms with Gasteiger partial charge in [-0.3, -0.25) is 4.68 Å². The molecule has 0 fully saturated rings. The first-order valence-electron chi connectivity index (χ1n) is 5.68. The molecule has 0 unspecified atom stereocenters. The van der Waals surface area contributed by atoms with Gasteiger partial charge in [-0.1, -0.05) is 13.8 Å². The van der Waals surface area contributed by atoms with Gasteiger partial charge in [0.2, 0.25) is 0 Å². The Hall–Kier alpha value is -0.870. The zero-order chi connectivity index (χ0) is 12.3. The predicted molar refractivity (Wildman–Crippen MR) is 65.3 cm³/mol. The largest absolute Gasteiger partial charge is 0.396 e. The maximum Gasteiger partial charge on any atom is 0.0641 e. The average molecular weight is 225 g/mol. The molecule has 0 saturated carbocycles. The van der Waals surface area contributed by atoms with E-state index in [1.807, 2.05) is 32.5 Å². The molecule has 1 aromatic rings. The number of hydrogen-bond donors (Lipinski definition) is 2. The first-order chi connectivity index (χ1) is 7.37. The van der Waals surface area contributed by atoms with Crippen LogP contribution in [-0.4, -0.2) is 28.0 Å². The van der Waals surface area contributed by atoms with Crippen LogP contribution in [0, 0.1) is 19.3 Å². The highest BCUT2D eigenvalue weighted by Crippen LogP contribution is 2.14. The number of aryl methyl sites for hydroxylation is 2. The SMILES string of the molecule is Cc1nn(C)c(C)c1CNCC(C)(C)CO. The van der Waals surface area contributed by atoms with Crippen molar-refractivity contribution in [3.63, 3.8) is 0 Å². The molecule has 0 bridgehead atoms. The number of aromatic nitrogens is 2. The lowest BCUT2D eigenvalue weighted by Gasteiger charge is -2.22. The highest BCUT2D eigenvalue weighted by molar-refractivity contribution is 5.23. The van der Waals surface area contributed by atoms with Gasteiger partial charge in [0.15, 0.2) is 0 Å². The van der Waals surface area contributed by atoms with Gasteiger partial charge in [0.25, 0.3) is 0 Å². The van der Waals surface area contributed by atoms with Crippen molar-refractivity contribution in [1.82, 2.24) is 15.1 Å². The zero-order valence-electron chi connectivity index (χ0n) is 11.0. The molecule has 1 rings (SSSR count). The summed E-state index contributed by atoms with van der Waals surface area (Å²) in [4.78, 5) is 0. The number of aliphatic hydroxyl groups is 1. The minimum Gasteiger partial charge on any atom is -0.396 e. The van der Waals surface area contributed by atoms with Gasteiger partial charge >= 0.3 is 0 Å². The van der Waals surface area contributed by atoms with Crippen LogP contribution in [-0.2, 0) is 13.6 Å². The number of aliphatic hydroxyl groups excluding tert-OH is 1. The molecule has 2 N–H and O–H groups in total. The number of rotatable bonds is 5. The number of nitrogens with zero attached hydrogens (tertiary/aromatic N) is 2. The van der Waals surface area contributed by atoms with Crippen LogP contribution in [0.5, 0.6) is 0 Å². The van der Waals surface area contributed by atoms with Crippen LogP contribution >= 0.6 is 0 Å². The van der Waals surface area contributed by atoms with Crippen LogP contribution in [0.4, 0.5) is 0 Å². The molecular formula is C12H23N3O. The van der Waals surface area contributed by atoms with Crippen molar-refractivity contribution in [2.24, 2.45) is 12.5 Å². The molecule has 1 heterocycles. The standard InChI is InChI=1S/C12H23N3O/c1-9-11(10(2)15(5)14-9)6-13-7-12(3,4)8-16/h13,16H,6-8H2,1-5H3. The lowest BCUT2D eigenvalue weighted by molar-refractivity contribution is 0.156. The van der Waals surface area contributed by atoms with Crippen LogP contribution in [0.3, 0.4) is 0 Å². The quantitative estimate of drug-likeness (QED) is 0.790. The van der Waals surface area contributed by atoms with E-state index >= 15 is 0 Å². The highest BCUT2D eigenvalue weighted by atomic mass is 16.3. The summed E-state index contributed by atoms with van der Waals surface area (Å²) in [7, 11) is 1.96. The second-order valence-corrected chi connectivity index (χ2v) is 5.20. The van der Waals surface area contributed by atoms with Crippen LogP contribution in [0.2, 0.25) is 0 Å². The Kier molecular flexibility index (Phi) is 4.10. The Bertz CT molecular complexity index is 355. The summed E-state index contributed by atoms with van der Waals surface area (Å²) in [6.07, 6.45) is 0. The first-order valence-corrected chi connectivity index (χ1v) is 5.68. The fourth-order valence-electron chi connectivity index (χ4n) is 1.66. The van der Waals surface area contributed by atoms with Gasteiger partial charge in [0.1, 0.15) is 0 Å². The molecule has 0 atom stereocenters. The molecule has 0 radical (unpaired) electrons. The summed E-state index contributed by atoms with van der Waals surface area (Å²) in [5.74, 6) is 0. The molecule has 0 spiro atoms. The molecule has 0 amide bonds. The molecule has 1 aromatic heterocycles. The van der Waals surface area contributed by atoms with Crippen LogP contribution < -0.4 is 5.32 Å². The molecular weight excluding hydrogens is 202 g/mol. The molecule has 92 valence electrons. The van der Waals surface area contributed by atoms with Gasteiger partial charge in [0, 0.05) is 43.4 Å². The summed E-state index contributed by atoms with van der Waals surface area (Å²) in [5, 5.41) is 16.9. The lowest BCUT2D eigenvalue weighted by atomic mass is 9.95. The topological polar surface area (TPSA) is 50.1 Å². The third-order valence-electron chi connectivity index (χ3n) is 2.99. The summed E-state index contributed by atoms with van der Waals surface area (Å²) < 4.78 is 1.91. The number of hydrogen-bond acceptors (Lipinski definition) is 3. The van der Waals surface area contributed by atoms with E-state index in [0.717, 1.165) is 18.8 Å². The molecule has 0 aliphatic rings. The van der Waals surface area contributed by atoms with E-state index in [1.54, 1.807) is 0 Å². The molecule has 0 saturated heterocycles. The summed E-state index contributed by atoms with van der Waals surface area (Å²) in [6.45, 7) is 10.0. The monoisotopic (exact) mass is 225 g/mol. The van der Waals surface area contributed by atoms with Crippen LogP contribution in [0.25, 0.3) is 0 Å². The smallest absolute Gasteiger partial charge is 0.0641 e. The maximum absolute atomic E-state index is 9.15. The van der Waals surface area contributed by atoms with Crippen molar-refractivity contribution in [1.29, 1.82) is 0 Å². The predicted octanol–water partition coefficient (Wildman–Crippen LogP) is 1.15. The Morgan fingerprint density at radius 2 is 2.00 bits per heavy atom. The van der Waals surface area contributed by atoms with Gasteiger partial charge < -0.3 is 10.4 Å². The first kappa shape index (κ1) is 13.2. The van der Waals surface area contributed by atoms with Crippen molar-refractivity contribution in [2.75, 3.05) is 13.2 Å². The maximum atomic E-state index is 9.15.